The molecule has 7 heteroatoms. The van der Waals surface area contributed by atoms with Crippen LogP contribution in [0.25, 0.3) is 10.2 Å². The van der Waals surface area contributed by atoms with E-state index >= 15 is 0 Å². The summed E-state index contributed by atoms with van der Waals surface area (Å²) in [6.45, 7) is 6.08. The molecule has 0 fully saturated rings. The van der Waals surface area contributed by atoms with Gasteiger partial charge in [0.15, 0.2) is 5.16 Å². The van der Waals surface area contributed by atoms with E-state index in [9.17, 15) is 9.59 Å². The van der Waals surface area contributed by atoms with Crippen LogP contribution >= 0.6 is 23.1 Å². The molecule has 2 aromatic rings. The number of carboxylic acids is 1. The summed E-state index contributed by atoms with van der Waals surface area (Å²) >= 11 is 2.65. The number of carboxylic acid groups (broad SMARTS) is 1. The van der Waals surface area contributed by atoms with E-state index in [4.69, 9.17) is 5.11 Å². The van der Waals surface area contributed by atoms with Crippen molar-refractivity contribution in [3.8, 4) is 0 Å². The van der Waals surface area contributed by atoms with Crippen LogP contribution in [0.1, 0.15) is 30.2 Å². The molecule has 0 aromatic carbocycles. The van der Waals surface area contributed by atoms with Gasteiger partial charge in [-0.3, -0.25) is 14.2 Å². The van der Waals surface area contributed by atoms with Crippen LogP contribution in [0.2, 0.25) is 0 Å². The molecule has 0 radical (unpaired) electrons. The van der Waals surface area contributed by atoms with Gasteiger partial charge in [0.2, 0.25) is 0 Å². The lowest BCUT2D eigenvalue weighted by Crippen LogP contribution is -2.23. The smallest absolute Gasteiger partial charge is 0.313 e. The van der Waals surface area contributed by atoms with Gasteiger partial charge < -0.3 is 5.11 Å². The minimum atomic E-state index is -0.918. The highest BCUT2D eigenvalue weighted by molar-refractivity contribution is 7.99. The van der Waals surface area contributed by atoms with Crippen LogP contribution in [0.15, 0.2) is 22.1 Å². The summed E-state index contributed by atoms with van der Waals surface area (Å²) in [7, 11) is 0. The van der Waals surface area contributed by atoms with Crippen molar-refractivity contribution in [1.29, 1.82) is 0 Å². The van der Waals surface area contributed by atoms with Crippen molar-refractivity contribution in [3.05, 3.63) is 32.9 Å². The van der Waals surface area contributed by atoms with E-state index in [1.54, 1.807) is 15.9 Å². The summed E-state index contributed by atoms with van der Waals surface area (Å²) in [6, 6.07) is 0. The van der Waals surface area contributed by atoms with Crippen LogP contribution in [-0.4, -0.2) is 26.4 Å². The Balaban J connectivity index is 2.18. The molecule has 5 nitrogen and oxygen atoms in total. The Morgan fingerprint density at radius 2 is 2.17 bits per heavy atom. The Morgan fingerprint density at radius 3 is 2.87 bits per heavy atom. The van der Waals surface area contributed by atoms with Gasteiger partial charge in [-0.25, -0.2) is 4.98 Å². The number of rotatable bonds is 5. The van der Waals surface area contributed by atoms with Gasteiger partial charge >= 0.3 is 5.97 Å². The largest absolute Gasteiger partial charge is 0.481 e. The average molecular weight is 350 g/mol. The van der Waals surface area contributed by atoms with Gasteiger partial charge in [-0.05, 0) is 38.2 Å². The van der Waals surface area contributed by atoms with Gasteiger partial charge in [-0.1, -0.05) is 23.9 Å². The molecule has 1 aliphatic carbocycles. The fraction of sp³-hybridized carbons (Fsp3) is 0.438. The summed E-state index contributed by atoms with van der Waals surface area (Å²) < 4.78 is 2.25. The summed E-state index contributed by atoms with van der Waals surface area (Å²) in [5, 5.41) is 9.40. The number of carbonyl (C=O) groups is 1. The average Bonchev–Trinajstić information content (AvgIpc) is 2.87. The van der Waals surface area contributed by atoms with Gasteiger partial charge in [-0.15, -0.1) is 11.3 Å². The van der Waals surface area contributed by atoms with Crippen molar-refractivity contribution < 1.29 is 9.90 Å². The normalized spacial score (nSPS) is 14.0. The van der Waals surface area contributed by atoms with Gasteiger partial charge in [-0.2, -0.15) is 0 Å². The number of thioether (sulfide) groups is 1. The van der Waals surface area contributed by atoms with Gasteiger partial charge in [0.05, 0.1) is 11.3 Å². The van der Waals surface area contributed by atoms with E-state index in [1.807, 2.05) is 6.92 Å². The van der Waals surface area contributed by atoms with E-state index in [2.05, 4.69) is 11.6 Å². The molecule has 2 aromatic heterocycles. The molecule has 23 heavy (non-hydrogen) atoms. The summed E-state index contributed by atoms with van der Waals surface area (Å²) in [6.07, 6.45) is 4.23. The zero-order valence-corrected chi connectivity index (χ0v) is 14.6. The molecule has 0 bridgehead atoms. The zero-order chi connectivity index (χ0) is 16.6. The maximum absolute atomic E-state index is 12.9. The molecule has 1 N–H and O–H groups in total. The highest BCUT2D eigenvalue weighted by Crippen LogP contribution is 2.34. The molecular formula is C16H18N2O3S2. The second kappa shape index (κ2) is 6.49. The topological polar surface area (TPSA) is 72.2 Å². The Morgan fingerprint density at radius 1 is 1.43 bits per heavy atom. The Bertz CT molecular complexity index is 851. The molecular weight excluding hydrogens is 332 g/mol. The van der Waals surface area contributed by atoms with Crippen molar-refractivity contribution in [2.75, 3.05) is 5.75 Å². The highest BCUT2D eigenvalue weighted by Gasteiger charge is 2.22. The molecule has 122 valence electrons. The number of hydrogen-bond donors (Lipinski definition) is 1. The van der Waals surface area contributed by atoms with E-state index in [-0.39, 0.29) is 11.3 Å². The first-order valence-electron chi connectivity index (χ1n) is 7.51. The van der Waals surface area contributed by atoms with E-state index in [1.165, 1.54) is 10.4 Å². The minimum Gasteiger partial charge on any atom is -0.481 e. The second-order valence-corrected chi connectivity index (χ2v) is 7.86. The summed E-state index contributed by atoms with van der Waals surface area (Å²) in [5.74, 6) is -1.03. The molecule has 1 aliphatic rings. The number of thiophene rings is 1. The number of aliphatic carboxylic acids is 1. The number of allylic oxidation sites excluding steroid dienone is 1. The molecule has 0 amide bonds. The Kier molecular flexibility index (Phi) is 4.59. The lowest BCUT2D eigenvalue weighted by atomic mass is 9.98. The first-order valence-corrected chi connectivity index (χ1v) is 9.31. The van der Waals surface area contributed by atoms with E-state index in [0.717, 1.165) is 48.5 Å². The van der Waals surface area contributed by atoms with Crippen molar-refractivity contribution in [2.24, 2.45) is 0 Å². The van der Waals surface area contributed by atoms with Crippen LogP contribution in [0.4, 0.5) is 0 Å². The van der Waals surface area contributed by atoms with Gasteiger partial charge in [0.25, 0.3) is 5.56 Å². The van der Waals surface area contributed by atoms with Gasteiger partial charge in [0.1, 0.15) is 4.70 Å². The fourth-order valence-electron chi connectivity index (χ4n) is 2.82. The zero-order valence-electron chi connectivity index (χ0n) is 12.9. The molecule has 0 aliphatic heterocycles. The number of nitrogens with zero attached hydrogens (tertiary/aromatic N) is 2. The fourth-order valence-corrected chi connectivity index (χ4v) is 4.81. The molecule has 0 saturated heterocycles. The summed E-state index contributed by atoms with van der Waals surface area (Å²) in [5.41, 5.74) is 2.73. The SMILES string of the molecule is C=C(C)Cn1c(SCC(=O)O)nc2c3c(sc2c1=O)CCCC3. The van der Waals surface area contributed by atoms with E-state index < -0.39 is 5.97 Å². The quantitative estimate of drug-likeness (QED) is 0.510. The monoisotopic (exact) mass is 350 g/mol. The minimum absolute atomic E-state index is 0.0784. The number of hydrogen-bond acceptors (Lipinski definition) is 5. The maximum atomic E-state index is 12.9. The van der Waals surface area contributed by atoms with E-state index in [0.29, 0.717) is 16.4 Å². The third-order valence-electron chi connectivity index (χ3n) is 3.77. The van der Waals surface area contributed by atoms with Gasteiger partial charge in [0, 0.05) is 11.4 Å². The maximum Gasteiger partial charge on any atom is 0.313 e. The number of aromatic nitrogens is 2. The molecule has 0 saturated carbocycles. The predicted molar refractivity (Wildman–Crippen MR) is 93.7 cm³/mol. The Hall–Kier alpha value is -1.60. The Labute approximate surface area is 142 Å². The molecule has 0 spiro atoms. The van der Waals surface area contributed by atoms with Crippen molar-refractivity contribution in [1.82, 2.24) is 9.55 Å². The van der Waals surface area contributed by atoms with Crippen LogP contribution in [0.3, 0.4) is 0 Å². The van der Waals surface area contributed by atoms with Crippen LogP contribution in [0, 0.1) is 0 Å². The van der Waals surface area contributed by atoms with Crippen molar-refractivity contribution in [2.45, 2.75) is 44.3 Å². The first kappa shape index (κ1) is 16.3. The molecule has 0 atom stereocenters. The standard InChI is InChI=1S/C16H18N2O3S2/c1-9(2)7-18-15(21)14-13(17-16(18)22-8-12(19)20)10-5-3-4-6-11(10)23-14/h1,3-8H2,2H3,(H,19,20). The highest BCUT2D eigenvalue weighted by atomic mass is 32.2. The third kappa shape index (κ3) is 3.21. The lowest BCUT2D eigenvalue weighted by Gasteiger charge is -2.12. The third-order valence-corrected chi connectivity index (χ3v) is 6.00. The lowest BCUT2D eigenvalue weighted by molar-refractivity contribution is -0.133. The molecule has 2 heterocycles. The molecule has 0 unspecified atom stereocenters. The summed E-state index contributed by atoms with van der Waals surface area (Å²) in [4.78, 5) is 29.7. The van der Waals surface area contributed by atoms with Crippen molar-refractivity contribution in [3.63, 3.8) is 0 Å². The molecule has 3 rings (SSSR count). The van der Waals surface area contributed by atoms with Crippen LogP contribution < -0.4 is 5.56 Å². The van der Waals surface area contributed by atoms with Crippen molar-refractivity contribution >= 4 is 39.3 Å². The second-order valence-electron chi connectivity index (χ2n) is 5.81. The number of fused-ring (bicyclic) bond motifs is 3. The number of aryl methyl sites for hydroxylation is 2. The van der Waals surface area contributed by atoms with Crippen LogP contribution in [-0.2, 0) is 24.2 Å². The first-order chi connectivity index (χ1) is 11.0. The predicted octanol–water partition coefficient (Wildman–Crippen LogP) is 3.09. The van der Waals surface area contributed by atoms with Crippen LogP contribution in [0.5, 0.6) is 0 Å².